The van der Waals surface area contributed by atoms with E-state index in [2.05, 4.69) is 0 Å². The molecule has 0 radical (unpaired) electrons. The molecular weight excluding hydrogens is 668 g/mol. The van der Waals surface area contributed by atoms with Gasteiger partial charge in [-0.25, -0.2) is 4.79 Å². The molecule has 2 saturated heterocycles. The molecule has 0 amide bonds. The van der Waals surface area contributed by atoms with Gasteiger partial charge in [0.05, 0.1) is 12.7 Å². The molecule has 2 fully saturated rings. The summed E-state index contributed by atoms with van der Waals surface area (Å²) < 4.78 is 40.1. The highest BCUT2D eigenvalue weighted by Gasteiger charge is 2.54. The lowest BCUT2D eigenvalue weighted by Crippen LogP contribution is -2.65. The summed E-state index contributed by atoms with van der Waals surface area (Å²) in [6, 6.07) is 7.90. The van der Waals surface area contributed by atoms with Gasteiger partial charge in [0.2, 0.25) is 0 Å². The van der Waals surface area contributed by atoms with Crippen LogP contribution in [0.4, 0.5) is 0 Å². The quantitative estimate of drug-likeness (QED) is 0.0669. The Kier molecular flexibility index (Phi) is 13.0. The van der Waals surface area contributed by atoms with E-state index in [1.807, 2.05) is 0 Å². The number of rotatable bonds is 12. The molecular formula is C33H40O17. The number of aliphatic hydroxyl groups is 3. The predicted molar refractivity (Wildman–Crippen MR) is 166 cm³/mol. The Morgan fingerprint density at radius 3 is 2.08 bits per heavy atom. The van der Waals surface area contributed by atoms with Gasteiger partial charge in [-0.3, -0.25) is 9.59 Å². The molecule has 2 heterocycles. The van der Waals surface area contributed by atoms with Gasteiger partial charge in [0.15, 0.2) is 47.8 Å². The fourth-order valence-electron chi connectivity index (χ4n) is 5.24. The first-order valence-electron chi connectivity index (χ1n) is 15.5. The summed E-state index contributed by atoms with van der Waals surface area (Å²) in [5, 5.41) is 70.3. The van der Waals surface area contributed by atoms with Crippen molar-refractivity contribution in [2.45, 2.75) is 88.6 Å². The molecule has 0 aliphatic carbocycles. The van der Waals surface area contributed by atoms with Crippen LogP contribution in [0.2, 0.25) is 0 Å². The average Bonchev–Trinajstić information content (AvgIpc) is 3.06. The number of ether oxygens (including phenoxy) is 7. The third-order valence-corrected chi connectivity index (χ3v) is 7.82. The van der Waals surface area contributed by atoms with Crippen LogP contribution in [-0.4, -0.2) is 128 Å². The zero-order valence-corrected chi connectivity index (χ0v) is 27.2. The lowest BCUT2D eigenvalue weighted by molar-refractivity contribution is -0.358. The van der Waals surface area contributed by atoms with E-state index in [1.54, 1.807) is 0 Å². The van der Waals surface area contributed by atoms with Crippen molar-refractivity contribution in [3.8, 4) is 23.0 Å². The third kappa shape index (κ3) is 9.81. The van der Waals surface area contributed by atoms with Crippen LogP contribution in [0.15, 0.2) is 42.5 Å². The number of hydrogen-bond donors (Lipinski definition) is 7. The summed E-state index contributed by atoms with van der Waals surface area (Å²) >= 11 is 0. The fraction of sp³-hybridized carbons (Fsp3) is 0.485. The number of esters is 3. The maximum atomic E-state index is 13.2. The number of benzene rings is 2. The van der Waals surface area contributed by atoms with Gasteiger partial charge in [-0.05, 0) is 54.8 Å². The van der Waals surface area contributed by atoms with E-state index in [-0.39, 0.29) is 30.3 Å². The van der Waals surface area contributed by atoms with Crippen LogP contribution in [0.3, 0.4) is 0 Å². The van der Waals surface area contributed by atoms with Gasteiger partial charge < -0.3 is 68.9 Å². The minimum Gasteiger partial charge on any atom is -0.504 e. The lowest BCUT2D eigenvalue weighted by atomic mass is 9.96. The van der Waals surface area contributed by atoms with Crippen LogP contribution in [0.25, 0.3) is 6.08 Å². The van der Waals surface area contributed by atoms with E-state index in [9.17, 15) is 50.1 Å². The largest absolute Gasteiger partial charge is 0.504 e. The van der Waals surface area contributed by atoms with Gasteiger partial charge in [-0.1, -0.05) is 12.1 Å². The molecule has 2 aliphatic heterocycles. The highest BCUT2D eigenvalue weighted by Crippen LogP contribution is 2.34. The topological polar surface area (TPSA) is 257 Å². The zero-order chi connectivity index (χ0) is 36.7. The van der Waals surface area contributed by atoms with Crippen molar-refractivity contribution in [3.05, 3.63) is 53.6 Å². The van der Waals surface area contributed by atoms with Gasteiger partial charge in [-0.2, -0.15) is 0 Å². The van der Waals surface area contributed by atoms with Crippen molar-refractivity contribution in [3.63, 3.8) is 0 Å². The van der Waals surface area contributed by atoms with Crippen LogP contribution in [-0.2, 0) is 54.0 Å². The number of carbonyl (C=O) groups is 3. The van der Waals surface area contributed by atoms with Crippen LogP contribution in [0.5, 0.6) is 23.0 Å². The molecule has 274 valence electrons. The first kappa shape index (κ1) is 38.3. The van der Waals surface area contributed by atoms with Crippen molar-refractivity contribution >= 4 is 24.0 Å². The first-order chi connectivity index (χ1) is 23.6. The Balaban J connectivity index is 1.67. The second kappa shape index (κ2) is 16.9. The molecule has 17 nitrogen and oxygen atoms in total. The number of hydrogen-bond acceptors (Lipinski definition) is 17. The minimum absolute atomic E-state index is 0.128. The standard InChI is InChI=1S/C33H40O17/c1-15-26(41)27(42)28(43)32(46-15)50-30-29(49-25(40)9-6-18-4-7-20(36)22(38)12-18)24(14-45-16(2)34)48-33(31(30)47-17(3)35)44-11-10-19-5-8-21(37)23(39)13-19/h4-9,12-13,15,24,26-33,36-39,41-43H,10-11,14H2,1-3H3. The Bertz CT molecular complexity index is 1530. The predicted octanol–water partition coefficient (Wildman–Crippen LogP) is 0.126. The summed E-state index contributed by atoms with van der Waals surface area (Å²) in [7, 11) is 0. The molecule has 4 rings (SSSR count). The second-order valence-electron chi connectivity index (χ2n) is 11.6. The van der Waals surface area contributed by atoms with Gasteiger partial charge in [-0.15, -0.1) is 0 Å². The summed E-state index contributed by atoms with van der Waals surface area (Å²) in [5.74, 6) is -4.12. The molecule has 0 saturated carbocycles. The molecule has 2 aromatic carbocycles. The highest BCUT2D eigenvalue weighted by atomic mass is 16.8. The van der Waals surface area contributed by atoms with Crippen molar-refractivity contribution in [2.24, 2.45) is 0 Å². The first-order valence-corrected chi connectivity index (χ1v) is 15.5. The molecule has 10 unspecified atom stereocenters. The van der Waals surface area contributed by atoms with Gasteiger partial charge in [0.1, 0.15) is 37.1 Å². The number of aliphatic hydroxyl groups excluding tert-OH is 3. The Hall–Kier alpha value is -4.49. The molecule has 0 aromatic heterocycles. The summed E-state index contributed by atoms with van der Waals surface area (Å²) in [4.78, 5) is 37.4. The monoisotopic (exact) mass is 708 g/mol. The van der Waals surface area contributed by atoms with E-state index in [0.29, 0.717) is 11.1 Å². The van der Waals surface area contributed by atoms with Crippen molar-refractivity contribution in [1.82, 2.24) is 0 Å². The van der Waals surface area contributed by atoms with Crippen molar-refractivity contribution < 1.29 is 83.3 Å². The number of phenols is 4. The van der Waals surface area contributed by atoms with Gasteiger partial charge in [0, 0.05) is 19.9 Å². The number of carbonyl (C=O) groups excluding carboxylic acids is 3. The van der Waals surface area contributed by atoms with E-state index in [1.165, 1.54) is 49.4 Å². The molecule has 2 aliphatic rings. The van der Waals surface area contributed by atoms with E-state index < -0.39 is 91.7 Å². The Morgan fingerprint density at radius 2 is 1.44 bits per heavy atom. The normalized spacial score (nSPS) is 29.7. The second-order valence-corrected chi connectivity index (χ2v) is 11.6. The van der Waals surface area contributed by atoms with Gasteiger partial charge in [0.25, 0.3) is 0 Å². The summed E-state index contributed by atoms with van der Waals surface area (Å²) in [5.41, 5.74) is 0.847. The molecule has 10 atom stereocenters. The van der Waals surface area contributed by atoms with E-state index >= 15 is 0 Å². The van der Waals surface area contributed by atoms with Crippen molar-refractivity contribution in [2.75, 3.05) is 13.2 Å². The van der Waals surface area contributed by atoms with Crippen LogP contribution in [0.1, 0.15) is 31.9 Å². The smallest absolute Gasteiger partial charge is 0.331 e. The van der Waals surface area contributed by atoms with Crippen molar-refractivity contribution in [1.29, 1.82) is 0 Å². The number of phenolic OH excluding ortho intramolecular Hbond substituents is 4. The Morgan fingerprint density at radius 1 is 0.760 bits per heavy atom. The van der Waals surface area contributed by atoms with Crippen LogP contribution >= 0.6 is 0 Å². The van der Waals surface area contributed by atoms with E-state index in [0.717, 1.165) is 19.9 Å². The summed E-state index contributed by atoms with van der Waals surface area (Å²) in [6.45, 7) is 2.94. The minimum atomic E-state index is -1.84. The maximum Gasteiger partial charge on any atom is 0.331 e. The average molecular weight is 709 g/mol. The Labute approximate surface area is 285 Å². The van der Waals surface area contributed by atoms with E-state index in [4.69, 9.17) is 33.2 Å². The zero-order valence-electron chi connectivity index (χ0n) is 27.2. The third-order valence-electron chi connectivity index (χ3n) is 7.82. The molecule has 2 aromatic rings. The summed E-state index contributed by atoms with van der Waals surface area (Å²) in [6.07, 6.45) is -13.0. The molecule has 0 spiro atoms. The molecule has 50 heavy (non-hydrogen) atoms. The molecule has 17 heteroatoms. The van der Waals surface area contributed by atoms with Gasteiger partial charge >= 0.3 is 17.9 Å². The van der Waals surface area contributed by atoms with Crippen LogP contribution < -0.4 is 0 Å². The van der Waals surface area contributed by atoms with Crippen LogP contribution in [0, 0.1) is 0 Å². The molecule has 0 bridgehead atoms. The maximum absolute atomic E-state index is 13.2. The molecule has 7 N–H and O–H groups in total. The fourth-order valence-corrected chi connectivity index (χ4v) is 5.24. The lowest BCUT2D eigenvalue weighted by Gasteiger charge is -2.47. The highest BCUT2D eigenvalue weighted by molar-refractivity contribution is 5.87. The SMILES string of the molecule is CC(=O)OCC1OC(OCCc2ccc(O)c(O)c2)C(OC(C)=O)C(OC2OC(C)C(O)C(O)C2O)C1OC(=O)C=Cc1ccc(O)c(O)c1. The number of aromatic hydroxyl groups is 4.